The normalized spacial score (nSPS) is 17.8. The van der Waals surface area contributed by atoms with Crippen LogP contribution in [0.1, 0.15) is 36.6 Å². The summed E-state index contributed by atoms with van der Waals surface area (Å²) in [6, 6.07) is 6.08. The van der Waals surface area contributed by atoms with Crippen molar-refractivity contribution in [3.05, 3.63) is 29.5 Å². The number of aromatic nitrogens is 1. The quantitative estimate of drug-likeness (QED) is 0.943. The molecule has 0 saturated carbocycles. The van der Waals surface area contributed by atoms with Crippen LogP contribution in [-0.2, 0) is 7.05 Å². The zero-order valence-electron chi connectivity index (χ0n) is 13.8. The molecule has 0 radical (unpaired) electrons. The molecule has 0 unspecified atom stereocenters. The molecule has 1 N–H and O–H groups in total. The number of nitrogens with zero attached hydrogens (tertiary/aromatic N) is 2. The summed E-state index contributed by atoms with van der Waals surface area (Å²) in [5, 5.41) is 11.9. The first-order valence-corrected chi connectivity index (χ1v) is 8.15. The second-order valence-electron chi connectivity index (χ2n) is 6.32. The maximum atomic E-state index is 10.8. The highest BCUT2D eigenvalue weighted by Gasteiger charge is 2.22. The minimum absolute atomic E-state index is 0.450. The molecule has 1 atom stereocenters. The predicted octanol–water partition coefficient (Wildman–Crippen LogP) is 3.01. The third kappa shape index (κ3) is 2.73. The molecule has 1 aliphatic rings. The number of methoxy groups -OCH3 is 1. The number of aliphatic hydroxyl groups excluding tert-OH is 1. The monoisotopic (exact) mass is 302 g/mol. The molecule has 0 amide bonds. The van der Waals surface area contributed by atoms with Crippen molar-refractivity contribution in [1.29, 1.82) is 0 Å². The van der Waals surface area contributed by atoms with Crippen molar-refractivity contribution in [1.82, 2.24) is 9.47 Å². The van der Waals surface area contributed by atoms with Gasteiger partial charge in [-0.05, 0) is 51.1 Å². The number of aliphatic hydroxyl groups is 1. The van der Waals surface area contributed by atoms with E-state index in [0.717, 1.165) is 47.5 Å². The Balaban J connectivity index is 1.95. The van der Waals surface area contributed by atoms with Crippen molar-refractivity contribution >= 4 is 10.9 Å². The van der Waals surface area contributed by atoms with Gasteiger partial charge in [0.2, 0.25) is 0 Å². The SMILES string of the molecule is COc1ccc2c(c1)c([C@@H](O)CN1CCCCC1)c(C)n2C. The number of rotatable bonds is 4. The van der Waals surface area contributed by atoms with Crippen LogP contribution in [-0.4, -0.2) is 41.3 Å². The summed E-state index contributed by atoms with van der Waals surface area (Å²) in [5.74, 6) is 0.838. The Morgan fingerprint density at radius 2 is 1.95 bits per heavy atom. The van der Waals surface area contributed by atoms with E-state index >= 15 is 0 Å². The number of fused-ring (bicyclic) bond motifs is 1. The second kappa shape index (κ2) is 6.31. The molecule has 1 saturated heterocycles. The molecule has 22 heavy (non-hydrogen) atoms. The van der Waals surface area contributed by atoms with Crippen LogP contribution in [0.15, 0.2) is 18.2 Å². The largest absolute Gasteiger partial charge is 0.497 e. The first kappa shape index (κ1) is 15.4. The summed E-state index contributed by atoms with van der Waals surface area (Å²) >= 11 is 0. The molecule has 0 bridgehead atoms. The van der Waals surface area contributed by atoms with Crippen molar-refractivity contribution in [2.45, 2.75) is 32.3 Å². The van der Waals surface area contributed by atoms with Gasteiger partial charge in [-0.2, -0.15) is 0 Å². The van der Waals surface area contributed by atoms with Crippen LogP contribution in [0.4, 0.5) is 0 Å². The lowest BCUT2D eigenvalue weighted by molar-refractivity contribution is 0.102. The minimum atomic E-state index is -0.450. The summed E-state index contributed by atoms with van der Waals surface area (Å²) in [6.45, 7) is 5.01. The maximum Gasteiger partial charge on any atom is 0.119 e. The highest BCUT2D eigenvalue weighted by Crippen LogP contribution is 2.33. The van der Waals surface area contributed by atoms with Crippen molar-refractivity contribution in [2.75, 3.05) is 26.7 Å². The Bertz CT molecular complexity index is 657. The average Bonchev–Trinajstić information content (AvgIpc) is 2.79. The lowest BCUT2D eigenvalue weighted by atomic mass is 10.0. The van der Waals surface area contributed by atoms with Crippen LogP contribution < -0.4 is 4.74 Å². The van der Waals surface area contributed by atoms with Gasteiger partial charge >= 0.3 is 0 Å². The van der Waals surface area contributed by atoms with E-state index in [0.29, 0.717) is 0 Å². The van der Waals surface area contributed by atoms with Crippen LogP contribution in [0.5, 0.6) is 5.75 Å². The van der Waals surface area contributed by atoms with E-state index in [1.807, 2.05) is 12.1 Å². The lowest BCUT2D eigenvalue weighted by Crippen LogP contribution is -2.33. The molecule has 4 nitrogen and oxygen atoms in total. The van der Waals surface area contributed by atoms with Crippen molar-refractivity contribution in [2.24, 2.45) is 7.05 Å². The number of hydrogen-bond donors (Lipinski definition) is 1. The number of hydrogen-bond acceptors (Lipinski definition) is 3. The van der Waals surface area contributed by atoms with Gasteiger partial charge in [-0.3, -0.25) is 0 Å². The molecule has 1 aliphatic heterocycles. The van der Waals surface area contributed by atoms with Gasteiger partial charge in [0.25, 0.3) is 0 Å². The molecular formula is C18H26N2O2. The Morgan fingerprint density at radius 1 is 1.23 bits per heavy atom. The van der Waals surface area contributed by atoms with Gasteiger partial charge in [-0.15, -0.1) is 0 Å². The van der Waals surface area contributed by atoms with E-state index < -0.39 is 6.10 Å². The van der Waals surface area contributed by atoms with Gasteiger partial charge < -0.3 is 19.3 Å². The van der Waals surface area contributed by atoms with E-state index in [9.17, 15) is 5.11 Å². The first-order chi connectivity index (χ1) is 10.6. The van der Waals surface area contributed by atoms with Crippen LogP contribution in [0.2, 0.25) is 0 Å². The average molecular weight is 302 g/mol. The van der Waals surface area contributed by atoms with E-state index in [2.05, 4.69) is 29.5 Å². The number of piperidine rings is 1. The van der Waals surface area contributed by atoms with Gasteiger partial charge in [0, 0.05) is 35.8 Å². The molecule has 3 rings (SSSR count). The predicted molar refractivity (Wildman–Crippen MR) is 89.5 cm³/mol. The molecule has 120 valence electrons. The highest BCUT2D eigenvalue weighted by molar-refractivity contribution is 5.87. The molecule has 1 fully saturated rings. The van der Waals surface area contributed by atoms with Crippen LogP contribution in [0, 0.1) is 6.92 Å². The zero-order valence-corrected chi connectivity index (χ0v) is 13.8. The van der Waals surface area contributed by atoms with E-state index in [1.165, 1.54) is 19.3 Å². The first-order valence-electron chi connectivity index (χ1n) is 8.15. The Kier molecular flexibility index (Phi) is 4.41. The minimum Gasteiger partial charge on any atom is -0.497 e. The lowest BCUT2D eigenvalue weighted by Gasteiger charge is -2.28. The van der Waals surface area contributed by atoms with Crippen LogP contribution in [0.3, 0.4) is 0 Å². The van der Waals surface area contributed by atoms with Gasteiger partial charge in [-0.1, -0.05) is 6.42 Å². The van der Waals surface area contributed by atoms with Crippen molar-refractivity contribution in [3.63, 3.8) is 0 Å². The molecular weight excluding hydrogens is 276 g/mol. The maximum absolute atomic E-state index is 10.8. The summed E-state index contributed by atoms with van der Waals surface area (Å²) in [5.41, 5.74) is 3.32. The van der Waals surface area contributed by atoms with Gasteiger partial charge in [0.1, 0.15) is 5.75 Å². The molecule has 2 heterocycles. The third-order valence-electron chi connectivity index (χ3n) is 4.96. The fourth-order valence-corrected chi connectivity index (χ4v) is 3.61. The van der Waals surface area contributed by atoms with E-state index in [-0.39, 0.29) is 0 Å². The number of ether oxygens (including phenoxy) is 1. The van der Waals surface area contributed by atoms with E-state index in [4.69, 9.17) is 4.74 Å². The fourth-order valence-electron chi connectivity index (χ4n) is 3.61. The number of β-amino-alcohol motifs (C(OH)–C–C–N with tert-alkyl or cyclic N) is 1. The molecule has 4 heteroatoms. The van der Waals surface area contributed by atoms with Crippen molar-refractivity contribution in [3.8, 4) is 5.75 Å². The van der Waals surface area contributed by atoms with E-state index in [1.54, 1.807) is 7.11 Å². The summed E-state index contributed by atoms with van der Waals surface area (Å²) in [4.78, 5) is 2.38. The molecule has 1 aromatic heterocycles. The van der Waals surface area contributed by atoms with Crippen LogP contribution >= 0.6 is 0 Å². The Morgan fingerprint density at radius 3 is 2.64 bits per heavy atom. The fraction of sp³-hybridized carbons (Fsp3) is 0.556. The number of benzene rings is 1. The highest BCUT2D eigenvalue weighted by atomic mass is 16.5. The summed E-state index contributed by atoms with van der Waals surface area (Å²) < 4.78 is 7.51. The second-order valence-corrected chi connectivity index (χ2v) is 6.32. The third-order valence-corrected chi connectivity index (χ3v) is 4.96. The number of aryl methyl sites for hydroxylation is 1. The summed E-state index contributed by atoms with van der Waals surface area (Å²) in [6.07, 6.45) is 3.36. The Hall–Kier alpha value is -1.52. The van der Waals surface area contributed by atoms with Gasteiger partial charge in [0.05, 0.1) is 13.2 Å². The molecule has 0 aliphatic carbocycles. The molecule has 1 aromatic carbocycles. The molecule has 0 spiro atoms. The number of likely N-dealkylation sites (tertiary alicyclic amines) is 1. The topological polar surface area (TPSA) is 37.6 Å². The zero-order chi connectivity index (χ0) is 15.7. The van der Waals surface area contributed by atoms with Crippen molar-refractivity contribution < 1.29 is 9.84 Å². The van der Waals surface area contributed by atoms with Crippen LogP contribution in [0.25, 0.3) is 10.9 Å². The summed E-state index contributed by atoms with van der Waals surface area (Å²) in [7, 11) is 3.74. The Labute approximate surface area is 132 Å². The van der Waals surface area contributed by atoms with Gasteiger partial charge in [0.15, 0.2) is 0 Å². The molecule has 2 aromatic rings. The standard InChI is InChI=1S/C18H26N2O2/c1-13-18(17(21)12-20-9-5-4-6-10-20)15-11-14(22-3)7-8-16(15)19(13)2/h7-8,11,17,21H,4-6,9-10,12H2,1-3H3/t17-/m0/s1. The van der Waals surface area contributed by atoms with Gasteiger partial charge in [-0.25, -0.2) is 0 Å². The smallest absolute Gasteiger partial charge is 0.119 e.